The first kappa shape index (κ1) is 18.1. The van der Waals surface area contributed by atoms with Gasteiger partial charge in [0.15, 0.2) is 11.6 Å². The summed E-state index contributed by atoms with van der Waals surface area (Å²) in [6.07, 6.45) is 5.18. The third-order valence-electron chi connectivity index (χ3n) is 6.44. The van der Waals surface area contributed by atoms with Crippen molar-refractivity contribution in [3.05, 3.63) is 105 Å². The molecule has 6 bridgehead atoms. The molecule has 3 aliphatic carbocycles. The van der Waals surface area contributed by atoms with E-state index in [0.717, 1.165) is 77.5 Å². The number of Topliss-reactive ketones (excluding diaryl/α,β-unsaturated/α-hetero) is 1. The summed E-state index contributed by atoms with van der Waals surface area (Å²) < 4.78 is 0. The Balaban J connectivity index is 1.67. The molecule has 0 saturated carbocycles. The molecule has 0 aromatic heterocycles. The molecule has 29 heavy (non-hydrogen) atoms. The fourth-order valence-corrected chi connectivity index (χ4v) is 4.72. The Bertz CT molecular complexity index is 1150. The zero-order valence-electron chi connectivity index (χ0n) is 16.8. The number of ketones is 2. The lowest BCUT2D eigenvalue weighted by Crippen LogP contribution is -2.06. The van der Waals surface area contributed by atoms with E-state index in [4.69, 9.17) is 0 Å². The first-order valence-electron chi connectivity index (χ1n) is 10.5. The second-order valence-electron chi connectivity index (χ2n) is 8.36. The van der Waals surface area contributed by atoms with E-state index in [2.05, 4.69) is 54.6 Å². The largest absolute Gasteiger partial charge is 0.295 e. The van der Waals surface area contributed by atoms with Crippen LogP contribution < -0.4 is 0 Å². The van der Waals surface area contributed by atoms with Gasteiger partial charge in [0.1, 0.15) is 0 Å². The van der Waals surface area contributed by atoms with Crippen LogP contribution in [0.25, 0.3) is 0 Å². The molecule has 0 spiro atoms. The molecule has 0 amide bonds. The Hall–Kier alpha value is -3.00. The second-order valence-corrected chi connectivity index (χ2v) is 8.36. The summed E-state index contributed by atoms with van der Waals surface area (Å²) in [5, 5.41) is 0. The molecule has 0 heterocycles. The van der Waals surface area contributed by atoms with Crippen LogP contribution in [0.3, 0.4) is 0 Å². The summed E-state index contributed by atoms with van der Waals surface area (Å²) in [4.78, 5) is 25.7. The molecule has 3 aliphatic rings. The molecular weight excluding hydrogens is 356 g/mol. The van der Waals surface area contributed by atoms with Crippen molar-refractivity contribution in [2.45, 2.75) is 45.4 Å². The van der Waals surface area contributed by atoms with E-state index in [1.54, 1.807) is 6.92 Å². The molecule has 0 saturated heterocycles. The van der Waals surface area contributed by atoms with Gasteiger partial charge in [-0.05, 0) is 97.0 Å². The van der Waals surface area contributed by atoms with E-state index in [9.17, 15) is 9.59 Å². The fraction of sp³-hybridized carbons (Fsp3) is 0.259. The molecular formula is C27H24O2. The van der Waals surface area contributed by atoms with Gasteiger partial charge in [-0.3, -0.25) is 9.59 Å². The van der Waals surface area contributed by atoms with Crippen molar-refractivity contribution >= 4 is 11.6 Å². The number of hydrogen-bond acceptors (Lipinski definition) is 2. The Kier molecular flexibility index (Phi) is 4.43. The van der Waals surface area contributed by atoms with Crippen molar-refractivity contribution in [3.8, 4) is 0 Å². The SMILES string of the molecule is CC(=O)c1cc2ccc1CCc1ccc3c(c1)C(=O)c1cc(ccc1CC3)CC2. The zero-order chi connectivity index (χ0) is 20.0. The highest BCUT2D eigenvalue weighted by atomic mass is 16.1. The minimum absolute atomic E-state index is 0.124. The summed E-state index contributed by atoms with van der Waals surface area (Å²) in [6, 6.07) is 19.1. The van der Waals surface area contributed by atoms with Crippen LogP contribution in [-0.2, 0) is 38.5 Å². The normalized spacial score (nSPS) is 15.1. The average Bonchev–Trinajstić information content (AvgIpc) is 2.87. The van der Waals surface area contributed by atoms with Crippen LogP contribution in [0, 0.1) is 0 Å². The van der Waals surface area contributed by atoms with Crippen LogP contribution >= 0.6 is 0 Å². The quantitative estimate of drug-likeness (QED) is 0.550. The number of carbonyl (C=O) groups excluding carboxylic acids is 2. The molecule has 3 aromatic rings. The van der Waals surface area contributed by atoms with Crippen molar-refractivity contribution < 1.29 is 9.59 Å². The minimum Gasteiger partial charge on any atom is -0.295 e. The van der Waals surface area contributed by atoms with Crippen molar-refractivity contribution in [1.82, 2.24) is 0 Å². The molecule has 2 heteroatoms. The standard InChI is InChI=1S/C27H24O2/c1-17(28)24-14-18-2-3-19-6-10-22-12-13-23-11-7-20(5-9-21(24)8-4-18)16-26(23)27(29)25(22)15-19/h4,6-8,10-11,14-16H,2-3,5,9,12-13H2,1H3. The number of aryl methyl sites for hydroxylation is 6. The van der Waals surface area contributed by atoms with Gasteiger partial charge in [0.2, 0.25) is 0 Å². The first-order chi connectivity index (χ1) is 14.1. The zero-order valence-corrected chi connectivity index (χ0v) is 16.8. The second kappa shape index (κ2) is 7.11. The van der Waals surface area contributed by atoms with Gasteiger partial charge >= 0.3 is 0 Å². The van der Waals surface area contributed by atoms with Crippen LogP contribution in [0.4, 0.5) is 0 Å². The van der Waals surface area contributed by atoms with Crippen LogP contribution in [0.2, 0.25) is 0 Å². The number of rotatable bonds is 1. The lowest BCUT2D eigenvalue weighted by atomic mass is 9.93. The third kappa shape index (κ3) is 3.33. The molecule has 3 aromatic carbocycles. The Morgan fingerprint density at radius 2 is 1.07 bits per heavy atom. The summed E-state index contributed by atoms with van der Waals surface area (Å²) in [6.45, 7) is 1.65. The van der Waals surface area contributed by atoms with Gasteiger partial charge in [-0.1, -0.05) is 36.4 Å². The van der Waals surface area contributed by atoms with Crippen LogP contribution in [0.15, 0.2) is 54.6 Å². The van der Waals surface area contributed by atoms with Gasteiger partial charge in [-0.25, -0.2) is 0 Å². The predicted octanol–water partition coefficient (Wildman–Crippen LogP) is 5.10. The molecule has 6 rings (SSSR count). The summed E-state index contributed by atoms with van der Waals surface area (Å²) in [5.41, 5.74) is 9.48. The topological polar surface area (TPSA) is 34.1 Å². The molecule has 0 N–H and O–H groups in total. The maximum atomic E-state index is 13.4. The van der Waals surface area contributed by atoms with Gasteiger partial charge in [0.25, 0.3) is 0 Å². The van der Waals surface area contributed by atoms with Gasteiger partial charge in [-0.15, -0.1) is 0 Å². The van der Waals surface area contributed by atoms with E-state index in [0.29, 0.717) is 0 Å². The number of benzene rings is 3. The molecule has 0 aliphatic heterocycles. The summed E-state index contributed by atoms with van der Waals surface area (Å²) in [7, 11) is 0. The minimum atomic E-state index is 0.124. The van der Waals surface area contributed by atoms with E-state index in [1.807, 2.05) is 0 Å². The molecule has 2 nitrogen and oxygen atoms in total. The highest BCUT2D eigenvalue weighted by Gasteiger charge is 2.22. The number of carbonyl (C=O) groups is 2. The average molecular weight is 380 g/mol. The molecule has 0 fully saturated rings. The fourth-order valence-electron chi connectivity index (χ4n) is 4.72. The van der Waals surface area contributed by atoms with E-state index in [-0.39, 0.29) is 11.6 Å². The van der Waals surface area contributed by atoms with E-state index >= 15 is 0 Å². The first-order valence-corrected chi connectivity index (χ1v) is 10.5. The van der Waals surface area contributed by atoms with Gasteiger partial charge in [-0.2, -0.15) is 0 Å². The molecule has 0 atom stereocenters. The lowest BCUT2D eigenvalue weighted by Gasteiger charge is -2.11. The summed E-state index contributed by atoms with van der Waals surface area (Å²) >= 11 is 0. The van der Waals surface area contributed by atoms with Gasteiger partial charge in [0, 0.05) is 16.7 Å². The van der Waals surface area contributed by atoms with Crippen LogP contribution in [0.1, 0.15) is 66.6 Å². The van der Waals surface area contributed by atoms with Crippen LogP contribution in [0.5, 0.6) is 0 Å². The predicted molar refractivity (Wildman–Crippen MR) is 115 cm³/mol. The Labute approximate surface area is 171 Å². The van der Waals surface area contributed by atoms with Crippen molar-refractivity contribution in [3.63, 3.8) is 0 Å². The molecule has 0 radical (unpaired) electrons. The van der Waals surface area contributed by atoms with Crippen molar-refractivity contribution in [1.29, 1.82) is 0 Å². The molecule has 144 valence electrons. The van der Waals surface area contributed by atoms with Gasteiger partial charge in [0.05, 0.1) is 0 Å². The highest BCUT2D eigenvalue weighted by Crippen LogP contribution is 2.28. The number of fused-ring (bicyclic) bond motifs is 4. The van der Waals surface area contributed by atoms with Crippen molar-refractivity contribution in [2.24, 2.45) is 0 Å². The molecule has 0 unspecified atom stereocenters. The highest BCUT2D eigenvalue weighted by molar-refractivity contribution is 6.11. The van der Waals surface area contributed by atoms with Crippen molar-refractivity contribution in [2.75, 3.05) is 0 Å². The van der Waals surface area contributed by atoms with Crippen LogP contribution in [-0.4, -0.2) is 11.6 Å². The van der Waals surface area contributed by atoms with Gasteiger partial charge < -0.3 is 0 Å². The van der Waals surface area contributed by atoms with E-state index < -0.39 is 0 Å². The number of hydrogen-bond donors (Lipinski definition) is 0. The Morgan fingerprint density at radius 1 is 0.621 bits per heavy atom. The monoisotopic (exact) mass is 380 g/mol. The maximum absolute atomic E-state index is 13.4. The summed E-state index contributed by atoms with van der Waals surface area (Å²) in [5.74, 6) is 0.286. The maximum Gasteiger partial charge on any atom is 0.193 e. The Morgan fingerprint density at radius 3 is 1.62 bits per heavy atom. The third-order valence-corrected chi connectivity index (χ3v) is 6.44. The smallest absolute Gasteiger partial charge is 0.193 e. The lowest BCUT2D eigenvalue weighted by molar-refractivity contribution is 0.101. The van der Waals surface area contributed by atoms with E-state index in [1.165, 1.54) is 11.1 Å².